The molecule has 0 spiro atoms. The van der Waals surface area contributed by atoms with Crippen molar-refractivity contribution in [3.05, 3.63) is 36.2 Å². The molecule has 1 aliphatic heterocycles. The summed E-state index contributed by atoms with van der Waals surface area (Å²) in [5, 5.41) is 0. The highest BCUT2D eigenvalue weighted by atomic mass is 16.1. The molecule has 3 heterocycles. The van der Waals surface area contributed by atoms with Gasteiger partial charge in [-0.05, 0) is 19.3 Å². The molecule has 7 heteroatoms. The van der Waals surface area contributed by atoms with Gasteiger partial charge in [-0.2, -0.15) is 0 Å². The lowest BCUT2D eigenvalue weighted by Crippen LogP contribution is -2.31. The fourth-order valence-corrected chi connectivity index (χ4v) is 2.69. The van der Waals surface area contributed by atoms with E-state index in [1.807, 2.05) is 0 Å². The first-order valence-corrected chi connectivity index (χ1v) is 7.39. The molecule has 0 amide bonds. The lowest BCUT2D eigenvalue weighted by Gasteiger charge is -2.29. The van der Waals surface area contributed by atoms with E-state index in [2.05, 4.69) is 24.8 Å². The monoisotopic (exact) mass is 298 g/mol. The Balaban J connectivity index is 1.83. The van der Waals surface area contributed by atoms with Crippen molar-refractivity contribution in [3.8, 4) is 0 Å². The van der Waals surface area contributed by atoms with E-state index >= 15 is 0 Å². The number of nitrogens with two attached hydrogens (primary N) is 1. The summed E-state index contributed by atoms with van der Waals surface area (Å²) in [5.41, 5.74) is 6.73. The summed E-state index contributed by atoms with van der Waals surface area (Å²) in [4.78, 5) is 31.0. The van der Waals surface area contributed by atoms with Crippen LogP contribution < -0.4 is 10.6 Å². The van der Waals surface area contributed by atoms with Gasteiger partial charge in [-0.3, -0.25) is 4.79 Å². The van der Waals surface area contributed by atoms with Crippen molar-refractivity contribution in [2.45, 2.75) is 25.7 Å². The summed E-state index contributed by atoms with van der Waals surface area (Å²) in [6.45, 7) is 1.93. The molecule has 1 saturated heterocycles. The molecule has 0 atom stereocenters. The van der Waals surface area contributed by atoms with Crippen LogP contribution in [0.15, 0.2) is 24.9 Å². The third-order valence-electron chi connectivity index (χ3n) is 3.76. The van der Waals surface area contributed by atoms with Crippen molar-refractivity contribution in [3.63, 3.8) is 0 Å². The summed E-state index contributed by atoms with van der Waals surface area (Å²) < 4.78 is 0. The van der Waals surface area contributed by atoms with Gasteiger partial charge in [0.2, 0.25) is 0 Å². The van der Waals surface area contributed by atoms with Crippen molar-refractivity contribution < 1.29 is 4.79 Å². The zero-order valence-corrected chi connectivity index (χ0v) is 12.3. The second kappa shape index (κ2) is 6.46. The van der Waals surface area contributed by atoms with E-state index < -0.39 is 0 Å². The molecule has 0 saturated carbocycles. The van der Waals surface area contributed by atoms with Crippen molar-refractivity contribution in [1.29, 1.82) is 0 Å². The highest BCUT2D eigenvalue weighted by Crippen LogP contribution is 2.22. The number of anilines is 2. The number of ketones is 1. The highest BCUT2D eigenvalue weighted by molar-refractivity contribution is 5.99. The highest BCUT2D eigenvalue weighted by Gasteiger charge is 2.20. The molecule has 2 aromatic rings. The molecule has 1 fully saturated rings. The lowest BCUT2D eigenvalue weighted by molar-refractivity contribution is 0.0988. The number of nitrogen functional groups attached to an aromatic ring is 1. The predicted molar refractivity (Wildman–Crippen MR) is 82.6 cm³/mol. The van der Waals surface area contributed by atoms with E-state index in [0.29, 0.717) is 0 Å². The van der Waals surface area contributed by atoms with Crippen LogP contribution in [-0.4, -0.2) is 38.8 Å². The zero-order chi connectivity index (χ0) is 15.4. The molecule has 2 N–H and O–H groups in total. The first-order valence-electron chi connectivity index (χ1n) is 7.39. The van der Waals surface area contributed by atoms with Gasteiger partial charge < -0.3 is 10.6 Å². The third-order valence-corrected chi connectivity index (χ3v) is 3.76. The SMILES string of the molecule is Nc1nccnc1C(=O)Cc1cncnc1N1CCCCC1. The van der Waals surface area contributed by atoms with Crippen molar-refractivity contribution in [2.24, 2.45) is 0 Å². The Bertz CT molecular complexity index is 669. The maximum atomic E-state index is 12.4. The second-order valence-corrected chi connectivity index (χ2v) is 5.31. The van der Waals surface area contributed by atoms with Crippen molar-refractivity contribution in [1.82, 2.24) is 19.9 Å². The van der Waals surface area contributed by atoms with E-state index in [1.165, 1.54) is 25.1 Å². The summed E-state index contributed by atoms with van der Waals surface area (Å²) in [6.07, 6.45) is 9.87. The average Bonchev–Trinajstić information content (AvgIpc) is 2.56. The number of piperidine rings is 1. The lowest BCUT2D eigenvalue weighted by atomic mass is 10.1. The topological polar surface area (TPSA) is 97.9 Å². The molecule has 1 aliphatic rings. The maximum absolute atomic E-state index is 12.4. The normalized spacial score (nSPS) is 14.8. The van der Waals surface area contributed by atoms with Crippen LogP contribution in [0.2, 0.25) is 0 Å². The Morgan fingerprint density at radius 3 is 2.68 bits per heavy atom. The Kier molecular flexibility index (Phi) is 4.22. The molecular formula is C15H18N6O. The molecule has 3 rings (SSSR count). The predicted octanol–water partition coefficient (Wildman–Crippen LogP) is 1.26. The minimum atomic E-state index is -0.168. The number of carbonyl (C=O) groups is 1. The fourth-order valence-electron chi connectivity index (χ4n) is 2.69. The van der Waals surface area contributed by atoms with E-state index in [1.54, 1.807) is 6.20 Å². The van der Waals surface area contributed by atoms with Crippen LogP contribution in [0.5, 0.6) is 0 Å². The molecular weight excluding hydrogens is 280 g/mol. The molecule has 0 radical (unpaired) electrons. The van der Waals surface area contributed by atoms with Gasteiger partial charge in [0.05, 0.1) is 0 Å². The Morgan fingerprint density at radius 1 is 1.14 bits per heavy atom. The fraction of sp³-hybridized carbons (Fsp3) is 0.400. The van der Waals surface area contributed by atoms with E-state index in [0.717, 1.165) is 37.3 Å². The van der Waals surface area contributed by atoms with Gasteiger partial charge in [0.25, 0.3) is 0 Å². The molecule has 0 unspecified atom stereocenters. The number of aromatic nitrogens is 4. The first kappa shape index (κ1) is 14.4. The second-order valence-electron chi connectivity index (χ2n) is 5.31. The van der Waals surface area contributed by atoms with Gasteiger partial charge in [-0.1, -0.05) is 0 Å². The van der Waals surface area contributed by atoms with Crippen LogP contribution in [-0.2, 0) is 6.42 Å². The molecule has 2 aromatic heterocycles. The van der Waals surface area contributed by atoms with Gasteiger partial charge in [-0.15, -0.1) is 0 Å². The first-order chi connectivity index (χ1) is 10.8. The van der Waals surface area contributed by atoms with Crippen LogP contribution in [0.25, 0.3) is 0 Å². The Labute approximate surface area is 128 Å². The van der Waals surface area contributed by atoms with E-state index in [-0.39, 0.29) is 23.7 Å². The van der Waals surface area contributed by atoms with Gasteiger partial charge in [0.15, 0.2) is 11.6 Å². The Hall–Kier alpha value is -2.57. The summed E-state index contributed by atoms with van der Waals surface area (Å²) in [7, 11) is 0. The number of rotatable bonds is 4. The molecule has 7 nitrogen and oxygen atoms in total. The van der Waals surface area contributed by atoms with Crippen LogP contribution in [0.1, 0.15) is 35.3 Å². The zero-order valence-electron chi connectivity index (χ0n) is 12.3. The number of nitrogens with zero attached hydrogens (tertiary/aromatic N) is 5. The average molecular weight is 298 g/mol. The van der Waals surface area contributed by atoms with Crippen LogP contribution >= 0.6 is 0 Å². The smallest absolute Gasteiger partial charge is 0.189 e. The van der Waals surface area contributed by atoms with Crippen LogP contribution in [0, 0.1) is 0 Å². The number of Topliss-reactive ketones (excluding diaryl/α,β-unsaturated/α-hetero) is 1. The Morgan fingerprint density at radius 2 is 1.91 bits per heavy atom. The standard InChI is InChI=1S/C15H18N6O/c16-14-13(18-4-5-19-14)12(22)8-11-9-17-10-20-15(11)21-6-2-1-3-7-21/h4-5,9-10H,1-3,6-8H2,(H2,16,19). The van der Waals surface area contributed by atoms with Gasteiger partial charge >= 0.3 is 0 Å². The minimum absolute atomic E-state index is 0.156. The maximum Gasteiger partial charge on any atom is 0.189 e. The van der Waals surface area contributed by atoms with E-state index in [4.69, 9.17) is 5.73 Å². The quantitative estimate of drug-likeness (QED) is 0.848. The van der Waals surface area contributed by atoms with Crippen molar-refractivity contribution >= 4 is 17.4 Å². The van der Waals surface area contributed by atoms with Gasteiger partial charge in [0, 0.05) is 43.7 Å². The molecule has 0 aromatic carbocycles. The molecule has 0 bridgehead atoms. The minimum Gasteiger partial charge on any atom is -0.382 e. The summed E-state index contributed by atoms with van der Waals surface area (Å²) in [6, 6.07) is 0. The van der Waals surface area contributed by atoms with Gasteiger partial charge in [0.1, 0.15) is 17.8 Å². The third kappa shape index (κ3) is 3.03. The van der Waals surface area contributed by atoms with Gasteiger partial charge in [-0.25, -0.2) is 19.9 Å². The van der Waals surface area contributed by atoms with Crippen molar-refractivity contribution in [2.75, 3.05) is 23.7 Å². The molecule has 114 valence electrons. The van der Waals surface area contributed by atoms with Crippen LogP contribution in [0.3, 0.4) is 0 Å². The number of hydrogen-bond acceptors (Lipinski definition) is 7. The van der Waals surface area contributed by atoms with Crippen LogP contribution in [0.4, 0.5) is 11.6 Å². The number of hydrogen-bond donors (Lipinski definition) is 1. The largest absolute Gasteiger partial charge is 0.382 e. The van der Waals surface area contributed by atoms with E-state index in [9.17, 15) is 4.79 Å². The summed E-state index contributed by atoms with van der Waals surface area (Å²) >= 11 is 0. The molecule has 22 heavy (non-hydrogen) atoms. The summed E-state index contributed by atoms with van der Waals surface area (Å²) in [5.74, 6) is 0.827. The number of carbonyl (C=O) groups excluding carboxylic acids is 1. The molecule has 0 aliphatic carbocycles.